The Labute approximate surface area is 66.0 Å². The number of dihydropyridines is 1. The number of aldehydes is 1. The fourth-order valence-electron chi connectivity index (χ4n) is 0.557. The predicted molar refractivity (Wildman–Crippen MR) is 40.4 cm³/mol. The standard InChI is InChI=1S/C6H4BrNO2/c7-5-2-1-4(3-9)8-6(5)10/h1-3,5H. The fourth-order valence-corrected chi connectivity index (χ4v) is 0.812. The molecule has 1 atom stereocenters. The van der Waals surface area contributed by atoms with Crippen LogP contribution < -0.4 is 0 Å². The van der Waals surface area contributed by atoms with Gasteiger partial charge in [0, 0.05) is 0 Å². The molecule has 0 spiro atoms. The highest BCUT2D eigenvalue weighted by atomic mass is 79.9. The summed E-state index contributed by atoms with van der Waals surface area (Å²) < 4.78 is 0. The zero-order valence-corrected chi connectivity index (χ0v) is 6.54. The molecule has 4 heteroatoms. The number of amides is 1. The molecule has 1 heterocycles. The van der Waals surface area contributed by atoms with Gasteiger partial charge in [0.1, 0.15) is 10.5 Å². The molecule has 0 aliphatic carbocycles. The van der Waals surface area contributed by atoms with Crippen LogP contribution in [0.2, 0.25) is 0 Å². The quantitative estimate of drug-likeness (QED) is 0.458. The maximum Gasteiger partial charge on any atom is 0.263 e. The van der Waals surface area contributed by atoms with Crippen molar-refractivity contribution in [1.29, 1.82) is 0 Å². The van der Waals surface area contributed by atoms with Crippen molar-refractivity contribution in [1.82, 2.24) is 0 Å². The number of hydrogen-bond acceptors (Lipinski definition) is 2. The van der Waals surface area contributed by atoms with E-state index in [2.05, 4.69) is 20.9 Å². The molecule has 10 heavy (non-hydrogen) atoms. The number of carbonyl (C=O) groups is 2. The van der Waals surface area contributed by atoms with Gasteiger partial charge in [-0.1, -0.05) is 22.0 Å². The lowest BCUT2D eigenvalue weighted by molar-refractivity contribution is -0.116. The van der Waals surface area contributed by atoms with E-state index in [1.54, 1.807) is 6.08 Å². The molecule has 1 unspecified atom stereocenters. The van der Waals surface area contributed by atoms with Gasteiger partial charge in [0.2, 0.25) is 0 Å². The zero-order valence-electron chi connectivity index (χ0n) is 4.95. The summed E-state index contributed by atoms with van der Waals surface area (Å²) in [4.78, 5) is 23.9. The minimum atomic E-state index is -0.365. The Balaban J connectivity index is 2.85. The van der Waals surface area contributed by atoms with E-state index in [0.29, 0.717) is 6.29 Å². The molecule has 1 aliphatic rings. The van der Waals surface area contributed by atoms with E-state index in [4.69, 9.17) is 0 Å². The SMILES string of the molecule is O=CC1=NC(=O)C(Br)C=C1. The molecule has 0 aromatic heterocycles. The van der Waals surface area contributed by atoms with E-state index in [1.807, 2.05) is 0 Å². The monoisotopic (exact) mass is 201 g/mol. The van der Waals surface area contributed by atoms with Gasteiger partial charge in [-0.25, -0.2) is 4.99 Å². The van der Waals surface area contributed by atoms with Gasteiger partial charge in [-0.05, 0) is 6.08 Å². The number of alkyl halides is 1. The molecular weight excluding hydrogens is 198 g/mol. The van der Waals surface area contributed by atoms with Crippen molar-refractivity contribution in [2.75, 3.05) is 0 Å². The number of carbonyl (C=O) groups excluding carboxylic acids is 2. The number of nitrogens with zero attached hydrogens (tertiary/aromatic N) is 1. The molecule has 0 fully saturated rings. The van der Waals surface area contributed by atoms with Gasteiger partial charge in [-0.2, -0.15) is 0 Å². The highest BCUT2D eigenvalue weighted by Crippen LogP contribution is 2.08. The molecule has 0 saturated carbocycles. The number of rotatable bonds is 1. The third kappa shape index (κ3) is 1.39. The van der Waals surface area contributed by atoms with Crippen LogP contribution >= 0.6 is 15.9 Å². The van der Waals surface area contributed by atoms with E-state index < -0.39 is 0 Å². The Morgan fingerprint density at radius 2 is 2.40 bits per heavy atom. The van der Waals surface area contributed by atoms with Gasteiger partial charge >= 0.3 is 0 Å². The molecule has 52 valence electrons. The molecule has 3 nitrogen and oxygen atoms in total. The third-order valence-electron chi connectivity index (χ3n) is 1.03. The highest BCUT2D eigenvalue weighted by Gasteiger charge is 2.14. The summed E-state index contributed by atoms with van der Waals surface area (Å²) in [5.74, 6) is -0.329. The van der Waals surface area contributed by atoms with Gasteiger partial charge in [0.15, 0.2) is 6.29 Å². The van der Waals surface area contributed by atoms with Crippen LogP contribution in [0.25, 0.3) is 0 Å². The molecule has 0 bridgehead atoms. The normalized spacial score (nSPS) is 24.3. The first-order valence-electron chi connectivity index (χ1n) is 2.64. The molecule has 1 rings (SSSR count). The maximum atomic E-state index is 10.7. The Morgan fingerprint density at radius 1 is 1.70 bits per heavy atom. The smallest absolute Gasteiger partial charge is 0.263 e. The average Bonchev–Trinajstić information content (AvgIpc) is 1.95. The van der Waals surface area contributed by atoms with Crippen molar-refractivity contribution in [2.45, 2.75) is 4.83 Å². The van der Waals surface area contributed by atoms with Gasteiger partial charge in [0.25, 0.3) is 5.91 Å². The first kappa shape index (κ1) is 7.34. The summed E-state index contributed by atoms with van der Waals surface area (Å²) in [5, 5.41) is 0. The van der Waals surface area contributed by atoms with Gasteiger partial charge in [-0.3, -0.25) is 9.59 Å². The van der Waals surface area contributed by atoms with E-state index in [1.165, 1.54) is 6.08 Å². The van der Waals surface area contributed by atoms with Crippen LogP contribution in [0.4, 0.5) is 0 Å². The second kappa shape index (κ2) is 2.88. The molecule has 1 amide bonds. The van der Waals surface area contributed by atoms with Crippen LogP contribution in [0.5, 0.6) is 0 Å². The molecular formula is C6H4BrNO2. The van der Waals surface area contributed by atoms with E-state index in [-0.39, 0.29) is 16.4 Å². The number of halogens is 1. The van der Waals surface area contributed by atoms with Crippen molar-refractivity contribution in [3.05, 3.63) is 12.2 Å². The lowest BCUT2D eigenvalue weighted by atomic mass is 10.2. The number of allylic oxidation sites excluding steroid dienone is 1. The van der Waals surface area contributed by atoms with Crippen molar-refractivity contribution in [2.24, 2.45) is 4.99 Å². The van der Waals surface area contributed by atoms with Gasteiger partial charge in [-0.15, -0.1) is 0 Å². The molecule has 0 radical (unpaired) electrons. The number of hydrogen-bond donors (Lipinski definition) is 0. The second-order valence-electron chi connectivity index (χ2n) is 1.75. The first-order valence-corrected chi connectivity index (χ1v) is 3.55. The summed E-state index contributed by atoms with van der Waals surface area (Å²) in [6, 6.07) is 0. The fraction of sp³-hybridized carbons (Fsp3) is 0.167. The lowest BCUT2D eigenvalue weighted by Gasteiger charge is -2.02. The van der Waals surface area contributed by atoms with Gasteiger partial charge in [0.05, 0.1) is 0 Å². The highest BCUT2D eigenvalue weighted by molar-refractivity contribution is 9.10. The summed E-state index contributed by atoms with van der Waals surface area (Å²) >= 11 is 3.05. The maximum absolute atomic E-state index is 10.7. The van der Waals surface area contributed by atoms with Crippen LogP contribution in [-0.2, 0) is 9.59 Å². The van der Waals surface area contributed by atoms with Crippen molar-refractivity contribution in [3.8, 4) is 0 Å². The predicted octanol–water partition coefficient (Wildman–Crippen LogP) is 0.486. The average molecular weight is 202 g/mol. The topological polar surface area (TPSA) is 46.5 Å². The first-order chi connectivity index (χ1) is 4.74. The Bertz CT molecular complexity index is 232. The van der Waals surface area contributed by atoms with Crippen LogP contribution in [0, 0.1) is 0 Å². The van der Waals surface area contributed by atoms with E-state index in [9.17, 15) is 9.59 Å². The summed E-state index contributed by atoms with van der Waals surface area (Å²) in [7, 11) is 0. The number of aliphatic imine (C=N–C) groups is 1. The lowest BCUT2D eigenvalue weighted by Crippen LogP contribution is -2.16. The molecule has 0 aromatic carbocycles. The van der Waals surface area contributed by atoms with Crippen LogP contribution in [0.3, 0.4) is 0 Å². The Kier molecular flexibility index (Phi) is 2.11. The summed E-state index contributed by atoms with van der Waals surface area (Å²) in [6.07, 6.45) is 3.64. The summed E-state index contributed by atoms with van der Waals surface area (Å²) in [5.41, 5.74) is 0.181. The molecule has 0 saturated heterocycles. The minimum absolute atomic E-state index is 0.181. The van der Waals surface area contributed by atoms with Gasteiger partial charge < -0.3 is 0 Å². The second-order valence-corrected chi connectivity index (χ2v) is 2.74. The summed E-state index contributed by atoms with van der Waals surface area (Å²) in [6.45, 7) is 0. The van der Waals surface area contributed by atoms with Crippen molar-refractivity contribution in [3.63, 3.8) is 0 Å². The van der Waals surface area contributed by atoms with E-state index in [0.717, 1.165) is 0 Å². The van der Waals surface area contributed by atoms with Crippen LogP contribution in [-0.4, -0.2) is 22.7 Å². The van der Waals surface area contributed by atoms with E-state index >= 15 is 0 Å². The minimum Gasteiger partial charge on any atom is -0.296 e. The molecule has 1 aliphatic heterocycles. The Morgan fingerprint density at radius 3 is 2.90 bits per heavy atom. The van der Waals surface area contributed by atoms with Crippen LogP contribution in [0.1, 0.15) is 0 Å². The van der Waals surface area contributed by atoms with Crippen LogP contribution in [0.15, 0.2) is 17.1 Å². The third-order valence-corrected chi connectivity index (χ3v) is 1.73. The largest absolute Gasteiger partial charge is 0.296 e. The molecule has 0 aromatic rings. The zero-order chi connectivity index (χ0) is 7.56. The molecule has 0 N–H and O–H groups in total. The van der Waals surface area contributed by atoms with Crippen molar-refractivity contribution >= 4 is 33.8 Å². The Hall–Kier alpha value is -0.770. The van der Waals surface area contributed by atoms with Crippen molar-refractivity contribution < 1.29 is 9.59 Å².